The number of carbonyl (C=O) groups is 1. The third-order valence-electron chi connectivity index (χ3n) is 7.53. The Kier molecular flexibility index (Phi) is 8.26. The number of hydrogen-bond donors (Lipinski definition) is 3. The summed E-state index contributed by atoms with van der Waals surface area (Å²) in [6, 6.07) is 22.9. The molecule has 1 fully saturated rings. The van der Waals surface area contributed by atoms with Gasteiger partial charge in [0.15, 0.2) is 0 Å². The molecule has 0 unspecified atom stereocenters. The second-order valence-corrected chi connectivity index (χ2v) is 11.1. The summed E-state index contributed by atoms with van der Waals surface area (Å²) >= 11 is 0. The van der Waals surface area contributed by atoms with E-state index >= 15 is 0 Å². The Morgan fingerprint density at radius 1 is 1.00 bits per heavy atom. The zero-order valence-electron chi connectivity index (χ0n) is 23.6. The first-order valence-corrected chi connectivity index (χ1v) is 14.1. The zero-order chi connectivity index (χ0) is 28.1. The van der Waals surface area contributed by atoms with E-state index in [1.165, 1.54) is 11.3 Å². The lowest BCUT2D eigenvalue weighted by molar-refractivity contribution is 0.182. The van der Waals surface area contributed by atoms with Gasteiger partial charge in [-0.15, -0.1) is 0 Å². The largest absolute Gasteiger partial charge is 0.492 e. The number of aromatic amines is 1. The summed E-state index contributed by atoms with van der Waals surface area (Å²) in [5.41, 5.74) is 6.25. The van der Waals surface area contributed by atoms with Gasteiger partial charge in [-0.25, -0.2) is 9.78 Å². The number of aromatic nitrogens is 2. The van der Waals surface area contributed by atoms with Gasteiger partial charge in [-0.3, -0.25) is 4.90 Å². The highest BCUT2D eigenvalue weighted by Crippen LogP contribution is 2.29. The lowest BCUT2D eigenvalue weighted by Gasteiger charge is -2.36. The molecule has 0 bridgehead atoms. The topological polar surface area (TPSA) is 93.7 Å². The maximum absolute atomic E-state index is 11.0. The van der Waals surface area contributed by atoms with Gasteiger partial charge in [-0.1, -0.05) is 49.4 Å². The number of carboxylic acid groups (broad SMARTS) is 1. The number of hydrogen-bond acceptors (Lipinski definition) is 5. The quantitative estimate of drug-likeness (QED) is 0.243. The molecule has 4 aromatic rings. The Labute approximate surface area is 236 Å². The number of para-hydroxylation sites is 1. The second-order valence-electron chi connectivity index (χ2n) is 11.1. The number of imidazole rings is 1. The van der Waals surface area contributed by atoms with Gasteiger partial charge < -0.3 is 25.0 Å². The van der Waals surface area contributed by atoms with Crippen LogP contribution in [0.3, 0.4) is 0 Å². The van der Waals surface area contributed by atoms with E-state index in [0.717, 1.165) is 72.9 Å². The number of anilines is 1. The highest BCUT2D eigenvalue weighted by molar-refractivity contribution is 5.91. The van der Waals surface area contributed by atoms with Gasteiger partial charge in [0.25, 0.3) is 0 Å². The standard InChI is InChI=1S/C32H39N5O3/c1-4-23-8-12-25(13-9-23)30-33-27-6-5-7-28(29(27)34-30)37-18-16-36(17-19-37)20-21-40-26-14-10-24(11-15-26)22-32(2,3)35-31(38)39/h5-15,35H,4,16-22H2,1-3H3,(H,33,34)(H,38,39). The molecule has 2 heterocycles. The van der Waals surface area contributed by atoms with Gasteiger partial charge in [-0.2, -0.15) is 0 Å². The van der Waals surface area contributed by atoms with Crippen molar-refractivity contribution in [2.75, 3.05) is 44.2 Å². The fourth-order valence-corrected chi connectivity index (χ4v) is 5.36. The van der Waals surface area contributed by atoms with Crippen molar-refractivity contribution in [2.45, 2.75) is 39.2 Å². The van der Waals surface area contributed by atoms with Crippen molar-refractivity contribution in [1.29, 1.82) is 0 Å². The van der Waals surface area contributed by atoms with Crippen molar-refractivity contribution >= 4 is 22.8 Å². The molecule has 0 aliphatic carbocycles. The average Bonchev–Trinajstić information content (AvgIpc) is 3.38. The van der Waals surface area contributed by atoms with Gasteiger partial charge in [0.1, 0.15) is 23.7 Å². The van der Waals surface area contributed by atoms with E-state index in [1.54, 1.807) is 0 Å². The smallest absolute Gasteiger partial charge is 0.405 e. The Bertz CT molecular complexity index is 1420. The number of benzene rings is 3. The van der Waals surface area contributed by atoms with E-state index < -0.39 is 11.6 Å². The summed E-state index contributed by atoms with van der Waals surface area (Å²) < 4.78 is 6.01. The molecule has 1 aliphatic heterocycles. The fourth-order valence-electron chi connectivity index (χ4n) is 5.36. The third-order valence-corrected chi connectivity index (χ3v) is 7.53. The van der Waals surface area contributed by atoms with E-state index in [0.29, 0.717) is 13.0 Å². The predicted molar refractivity (Wildman–Crippen MR) is 160 cm³/mol. The van der Waals surface area contributed by atoms with Crippen molar-refractivity contribution in [2.24, 2.45) is 0 Å². The number of H-pyrrole nitrogens is 1. The Hall–Kier alpha value is -4.04. The van der Waals surface area contributed by atoms with Crippen molar-refractivity contribution in [3.63, 3.8) is 0 Å². The molecule has 0 radical (unpaired) electrons. The average molecular weight is 542 g/mol. The summed E-state index contributed by atoms with van der Waals surface area (Å²) in [4.78, 5) is 24.4. The van der Waals surface area contributed by atoms with Gasteiger partial charge in [0, 0.05) is 43.8 Å². The Balaban J connectivity index is 1.12. The first kappa shape index (κ1) is 27.5. The summed E-state index contributed by atoms with van der Waals surface area (Å²) in [5.74, 6) is 1.74. The van der Waals surface area contributed by atoms with Gasteiger partial charge >= 0.3 is 6.09 Å². The molecule has 1 aliphatic rings. The molecule has 1 aromatic heterocycles. The molecular formula is C32H39N5O3. The van der Waals surface area contributed by atoms with Crippen LogP contribution in [0.4, 0.5) is 10.5 Å². The van der Waals surface area contributed by atoms with E-state index in [2.05, 4.69) is 69.5 Å². The molecule has 40 heavy (non-hydrogen) atoms. The van der Waals surface area contributed by atoms with Crippen molar-refractivity contribution < 1.29 is 14.6 Å². The highest BCUT2D eigenvalue weighted by Gasteiger charge is 2.22. The van der Waals surface area contributed by atoms with Crippen molar-refractivity contribution in [3.05, 3.63) is 77.9 Å². The van der Waals surface area contributed by atoms with Crippen LogP contribution in [-0.2, 0) is 12.8 Å². The van der Waals surface area contributed by atoms with Gasteiger partial charge in [0.05, 0.1) is 11.2 Å². The second kappa shape index (κ2) is 12.0. The van der Waals surface area contributed by atoms with E-state index in [-0.39, 0.29) is 0 Å². The monoisotopic (exact) mass is 541 g/mol. The third kappa shape index (κ3) is 6.74. The maximum atomic E-state index is 11.0. The van der Waals surface area contributed by atoms with Crippen LogP contribution in [0.25, 0.3) is 22.4 Å². The predicted octanol–water partition coefficient (Wildman–Crippen LogP) is 5.58. The normalized spacial score (nSPS) is 14.4. The molecule has 8 heteroatoms. The molecular weight excluding hydrogens is 502 g/mol. The lowest BCUT2D eigenvalue weighted by Crippen LogP contribution is -2.47. The molecule has 0 saturated carbocycles. The first-order valence-electron chi connectivity index (χ1n) is 14.1. The number of piperazine rings is 1. The summed E-state index contributed by atoms with van der Waals surface area (Å²) in [7, 11) is 0. The van der Waals surface area contributed by atoms with Crippen molar-refractivity contribution in [1.82, 2.24) is 20.2 Å². The minimum absolute atomic E-state index is 0.526. The van der Waals surface area contributed by atoms with Crippen LogP contribution in [0.2, 0.25) is 0 Å². The maximum Gasteiger partial charge on any atom is 0.405 e. The minimum atomic E-state index is -1.01. The minimum Gasteiger partial charge on any atom is -0.492 e. The zero-order valence-corrected chi connectivity index (χ0v) is 23.6. The number of rotatable bonds is 10. The number of fused-ring (bicyclic) bond motifs is 1. The van der Waals surface area contributed by atoms with Crippen LogP contribution in [-0.4, -0.2) is 70.9 Å². The number of ether oxygens (including phenoxy) is 1. The molecule has 5 rings (SSSR count). The van der Waals surface area contributed by atoms with Crippen LogP contribution in [0.15, 0.2) is 66.7 Å². The number of amides is 1. The number of nitrogens with one attached hydrogen (secondary N) is 2. The van der Waals surface area contributed by atoms with Gasteiger partial charge in [-0.05, 0) is 62.1 Å². The van der Waals surface area contributed by atoms with Crippen molar-refractivity contribution in [3.8, 4) is 17.1 Å². The number of aryl methyl sites for hydroxylation is 1. The molecule has 1 saturated heterocycles. The SMILES string of the molecule is CCc1ccc(-c2nc3c(N4CCN(CCOc5ccc(CC(C)(C)NC(=O)O)cc5)CC4)cccc3[nH]2)cc1. The van der Waals surface area contributed by atoms with Crippen LogP contribution in [0.1, 0.15) is 31.9 Å². The van der Waals surface area contributed by atoms with E-state index in [9.17, 15) is 4.79 Å². The summed E-state index contributed by atoms with van der Waals surface area (Å²) in [5, 5.41) is 11.6. The Morgan fingerprint density at radius 2 is 1.70 bits per heavy atom. The Morgan fingerprint density at radius 3 is 2.38 bits per heavy atom. The van der Waals surface area contributed by atoms with E-state index in [4.69, 9.17) is 14.8 Å². The molecule has 0 spiro atoms. The van der Waals surface area contributed by atoms with Crippen LogP contribution >= 0.6 is 0 Å². The molecule has 8 nitrogen and oxygen atoms in total. The van der Waals surface area contributed by atoms with Crippen LogP contribution < -0.4 is 15.0 Å². The molecule has 210 valence electrons. The molecule has 1 amide bonds. The molecule has 3 aromatic carbocycles. The lowest BCUT2D eigenvalue weighted by atomic mass is 9.95. The highest BCUT2D eigenvalue weighted by atomic mass is 16.5. The van der Waals surface area contributed by atoms with Gasteiger partial charge in [0.2, 0.25) is 0 Å². The number of nitrogens with zero attached hydrogens (tertiary/aromatic N) is 3. The summed E-state index contributed by atoms with van der Waals surface area (Å²) in [6.07, 6.45) is 0.638. The van der Waals surface area contributed by atoms with E-state index in [1.807, 2.05) is 38.1 Å². The van der Waals surface area contributed by atoms with Crippen LogP contribution in [0.5, 0.6) is 5.75 Å². The first-order chi connectivity index (χ1) is 19.3. The summed E-state index contributed by atoms with van der Waals surface area (Å²) in [6.45, 7) is 11.3. The fraction of sp³-hybridized carbons (Fsp3) is 0.375. The van der Waals surface area contributed by atoms with Crippen LogP contribution in [0, 0.1) is 0 Å². The molecule has 0 atom stereocenters. The molecule has 3 N–H and O–H groups in total.